The summed E-state index contributed by atoms with van der Waals surface area (Å²) in [6, 6.07) is 3.86. The van der Waals surface area contributed by atoms with Crippen LogP contribution in [0.1, 0.15) is 17.5 Å². The second kappa shape index (κ2) is 7.21. The summed E-state index contributed by atoms with van der Waals surface area (Å²) in [5, 5.41) is 5.29. The molecular formula is C15H11Cl2N5OS. The summed E-state index contributed by atoms with van der Waals surface area (Å²) >= 11 is 13.1. The highest BCUT2D eigenvalue weighted by atomic mass is 35.5. The number of nitrogens with zero attached hydrogens (tertiary/aromatic N) is 5. The van der Waals surface area contributed by atoms with E-state index in [0.29, 0.717) is 5.71 Å². The van der Waals surface area contributed by atoms with Gasteiger partial charge in [-0.05, 0) is 26.0 Å². The monoisotopic (exact) mass is 379 g/mol. The van der Waals surface area contributed by atoms with Crippen molar-refractivity contribution >= 4 is 40.3 Å². The maximum absolute atomic E-state index is 5.82. The van der Waals surface area contributed by atoms with Crippen LogP contribution in [0.15, 0.2) is 35.9 Å². The number of aromatic nitrogens is 4. The molecule has 122 valence electrons. The standard InChI is InChI=1S/C15H11Cl2N5OS/c1-8-12(24-14(20-8)10-4-3-5-18-6-10)9(2)22-23-15-19-7-11(16)13(17)21-15/h3-7H,1-2H3/b22-9+. The molecule has 3 rings (SSSR count). The molecule has 0 atom stereocenters. The van der Waals surface area contributed by atoms with E-state index in [2.05, 4.69) is 25.1 Å². The van der Waals surface area contributed by atoms with Gasteiger partial charge in [0.1, 0.15) is 5.01 Å². The minimum absolute atomic E-state index is 0.0263. The van der Waals surface area contributed by atoms with Crippen LogP contribution in [0.5, 0.6) is 6.01 Å². The number of oxime groups is 1. The second-order valence-corrected chi connectivity index (χ2v) is 6.50. The third-order valence-corrected chi connectivity index (χ3v) is 4.95. The highest BCUT2D eigenvalue weighted by molar-refractivity contribution is 7.17. The maximum Gasteiger partial charge on any atom is 0.347 e. The molecule has 0 amide bonds. The molecular weight excluding hydrogens is 369 g/mol. The van der Waals surface area contributed by atoms with E-state index in [1.807, 2.05) is 26.0 Å². The number of pyridine rings is 1. The predicted molar refractivity (Wildman–Crippen MR) is 95.0 cm³/mol. The number of halogens is 2. The van der Waals surface area contributed by atoms with Gasteiger partial charge >= 0.3 is 6.01 Å². The van der Waals surface area contributed by atoms with Crippen LogP contribution in [0.2, 0.25) is 10.2 Å². The van der Waals surface area contributed by atoms with E-state index in [0.717, 1.165) is 21.1 Å². The van der Waals surface area contributed by atoms with Gasteiger partial charge in [0.25, 0.3) is 0 Å². The van der Waals surface area contributed by atoms with Crippen molar-refractivity contribution in [2.45, 2.75) is 13.8 Å². The Morgan fingerprint density at radius 2 is 2.08 bits per heavy atom. The van der Waals surface area contributed by atoms with Crippen molar-refractivity contribution < 1.29 is 4.84 Å². The van der Waals surface area contributed by atoms with Crippen LogP contribution in [0.4, 0.5) is 0 Å². The number of aryl methyl sites for hydroxylation is 1. The van der Waals surface area contributed by atoms with Gasteiger partial charge in [-0.15, -0.1) is 11.3 Å². The molecule has 6 nitrogen and oxygen atoms in total. The largest absolute Gasteiger partial charge is 0.347 e. The fourth-order valence-corrected chi connectivity index (χ4v) is 3.08. The molecule has 0 aliphatic rings. The van der Waals surface area contributed by atoms with Crippen molar-refractivity contribution in [1.82, 2.24) is 19.9 Å². The van der Waals surface area contributed by atoms with Gasteiger partial charge in [0.15, 0.2) is 5.15 Å². The van der Waals surface area contributed by atoms with Crippen molar-refractivity contribution in [2.24, 2.45) is 5.16 Å². The molecule has 0 N–H and O–H groups in total. The van der Waals surface area contributed by atoms with Gasteiger partial charge in [-0.1, -0.05) is 28.4 Å². The van der Waals surface area contributed by atoms with E-state index >= 15 is 0 Å². The minimum Gasteiger partial charge on any atom is -0.315 e. The average Bonchev–Trinajstić information content (AvgIpc) is 2.98. The molecule has 0 saturated carbocycles. The van der Waals surface area contributed by atoms with Gasteiger partial charge in [-0.25, -0.2) is 9.97 Å². The predicted octanol–water partition coefficient (Wildman–Crippen LogP) is 4.41. The Kier molecular flexibility index (Phi) is 5.03. The van der Waals surface area contributed by atoms with Gasteiger partial charge in [-0.3, -0.25) is 4.98 Å². The van der Waals surface area contributed by atoms with E-state index in [9.17, 15) is 0 Å². The van der Waals surface area contributed by atoms with Crippen molar-refractivity contribution in [3.63, 3.8) is 0 Å². The molecule has 24 heavy (non-hydrogen) atoms. The quantitative estimate of drug-likeness (QED) is 0.381. The van der Waals surface area contributed by atoms with Crippen molar-refractivity contribution in [1.29, 1.82) is 0 Å². The van der Waals surface area contributed by atoms with E-state index in [1.54, 1.807) is 12.4 Å². The zero-order valence-corrected chi connectivity index (χ0v) is 15.0. The summed E-state index contributed by atoms with van der Waals surface area (Å²) in [6.45, 7) is 3.74. The van der Waals surface area contributed by atoms with Gasteiger partial charge in [-0.2, -0.15) is 4.98 Å². The molecule has 0 radical (unpaired) electrons. The number of thiazole rings is 1. The molecule has 3 heterocycles. The van der Waals surface area contributed by atoms with Crippen molar-refractivity contribution in [3.8, 4) is 16.6 Å². The Bertz CT molecular complexity index is 898. The Labute approximate surface area is 152 Å². The van der Waals surface area contributed by atoms with Crippen LogP contribution < -0.4 is 4.84 Å². The molecule has 3 aromatic heterocycles. The topological polar surface area (TPSA) is 73.2 Å². The second-order valence-electron chi connectivity index (χ2n) is 4.73. The first-order valence-electron chi connectivity index (χ1n) is 6.82. The normalized spacial score (nSPS) is 11.6. The van der Waals surface area contributed by atoms with E-state index in [-0.39, 0.29) is 16.2 Å². The fourth-order valence-electron chi connectivity index (χ4n) is 1.87. The smallest absolute Gasteiger partial charge is 0.315 e. The zero-order chi connectivity index (χ0) is 17.1. The summed E-state index contributed by atoms with van der Waals surface area (Å²) in [7, 11) is 0. The molecule has 0 unspecified atom stereocenters. The molecule has 0 spiro atoms. The Morgan fingerprint density at radius 1 is 1.25 bits per heavy atom. The van der Waals surface area contributed by atoms with Crippen LogP contribution in [0.25, 0.3) is 10.6 Å². The van der Waals surface area contributed by atoms with Gasteiger partial charge in [0.2, 0.25) is 0 Å². The Hall–Kier alpha value is -2.09. The number of rotatable bonds is 4. The first-order chi connectivity index (χ1) is 11.5. The minimum atomic E-state index is 0.0263. The van der Waals surface area contributed by atoms with Gasteiger partial charge in [0, 0.05) is 18.0 Å². The molecule has 0 aromatic carbocycles. The lowest BCUT2D eigenvalue weighted by atomic mass is 10.3. The average molecular weight is 380 g/mol. The van der Waals surface area contributed by atoms with Crippen LogP contribution in [-0.2, 0) is 0 Å². The van der Waals surface area contributed by atoms with E-state index in [1.165, 1.54) is 17.5 Å². The fraction of sp³-hybridized carbons (Fsp3) is 0.133. The van der Waals surface area contributed by atoms with E-state index in [4.69, 9.17) is 28.0 Å². The molecule has 3 aromatic rings. The first-order valence-corrected chi connectivity index (χ1v) is 8.39. The molecule has 0 saturated heterocycles. The summed E-state index contributed by atoms with van der Waals surface area (Å²) < 4.78 is 0. The molecule has 9 heteroatoms. The lowest BCUT2D eigenvalue weighted by Crippen LogP contribution is -1.99. The molecule has 0 bridgehead atoms. The van der Waals surface area contributed by atoms with Crippen LogP contribution in [0, 0.1) is 6.92 Å². The lowest BCUT2D eigenvalue weighted by molar-refractivity contribution is 0.313. The molecule has 0 fully saturated rings. The van der Waals surface area contributed by atoms with Gasteiger partial charge in [0.05, 0.1) is 27.5 Å². The number of hydrogen-bond donors (Lipinski definition) is 0. The van der Waals surface area contributed by atoms with Crippen molar-refractivity contribution in [3.05, 3.63) is 51.5 Å². The summed E-state index contributed by atoms with van der Waals surface area (Å²) in [5.41, 5.74) is 2.48. The lowest BCUT2D eigenvalue weighted by Gasteiger charge is -2.00. The molecule has 0 aliphatic heterocycles. The zero-order valence-electron chi connectivity index (χ0n) is 12.7. The Balaban J connectivity index is 1.83. The third kappa shape index (κ3) is 3.69. The van der Waals surface area contributed by atoms with Crippen LogP contribution >= 0.6 is 34.5 Å². The highest BCUT2D eigenvalue weighted by Gasteiger charge is 2.13. The maximum atomic E-state index is 5.82. The van der Waals surface area contributed by atoms with Crippen LogP contribution in [-0.4, -0.2) is 25.6 Å². The van der Waals surface area contributed by atoms with Crippen LogP contribution in [0.3, 0.4) is 0 Å². The number of hydrogen-bond acceptors (Lipinski definition) is 7. The van der Waals surface area contributed by atoms with Crippen molar-refractivity contribution in [2.75, 3.05) is 0 Å². The van der Waals surface area contributed by atoms with E-state index < -0.39 is 0 Å². The third-order valence-electron chi connectivity index (χ3n) is 2.98. The highest BCUT2D eigenvalue weighted by Crippen LogP contribution is 2.28. The summed E-state index contributed by atoms with van der Waals surface area (Å²) in [5.74, 6) is 0. The first kappa shape index (κ1) is 16.8. The summed E-state index contributed by atoms with van der Waals surface area (Å²) in [6.07, 6.45) is 4.85. The SMILES string of the molecule is C/C(=N\Oc1ncc(Cl)c(Cl)n1)c1sc(-c2cccnc2)nc1C. The Morgan fingerprint density at radius 3 is 2.79 bits per heavy atom. The summed E-state index contributed by atoms with van der Waals surface area (Å²) in [4.78, 5) is 22.6. The van der Waals surface area contributed by atoms with Gasteiger partial charge < -0.3 is 4.84 Å². The molecule has 0 aliphatic carbocycles.